The van der Waals surface area contributed by atoms with Crippen LogP contribution in [-0.2, 0) is 12.7 Å². The van der Waals surface area contributed by atoms with Crippen LogP contribution in [0.15, 0.2) is 40.9 Å². The minimum atomic E-state index is -4.75. The Morgan fingerprint density at radius 2 is 1.90 bits per heavy atom. The molecular formula is C24H20BrClF3N7O2S. The zero-order valence-corrected chi connectivity index (χ0v) is 23.8. The Hall–Kier alpha value is -3.36. The number of carbonyl (C=O) groups excluding carboxylic acids is 2. The summed E-state index contributed by atoms with van der Waals surface area (Å²) in [5.41, 5.74) is 1.84. The first kappa shape index (κ1) is 28.6. The molecule has 15 heteroatoms. The summed E-state index contributed by atoms with van der Waals surface area (Å²) >= 11 is 10.7. The third-order valence-electron chi connectivity index (χ3n) is 5.19. The molecule has 2 N–H and O–H groups in total. The summed E-state index contributed by atoms with van der Waals surface area (Å²) in [7, 11) is 0. The van der Waals surface area contributed by atoms with Crippen LogP contribution in [0.5, 0.6) is 0 Å². The number of anilines is 1. The fourth-order valence-electron chi connectivity index (χ4n) is 3.56. The van der Waals surface area contributed by atoms with Crippen LogP contribution < -0.4 is 10.6 Å². The van der Waals surface area contributed by atoms with E-state index in [9.17, 15) is 22.8 Å². The highest BCUT2D eigenvalue weighted by Crippen LogP contribution is 2.35. The lowest BCUT2D eigenvalue weighted by Gasteiger charge is -2.16. The van der Waals surface area contributed by atoms with E-state index in [4.69, 9.17) is 11.6 Å². The van der Waals surface area contributed by atoms with E-state index >= 15 is 0 Å². The minimum Gasteiger partial charge on any atom is -0.350 e. The number of amides is 2. The maximum absolute atomic E-state index is 13.6. The van der Waals surface area contributed by atoms with Crippen molar-refractivity contribution < 1.29 is 22.8 Å². The zero-order chi connectivity index (χ0) is 28.5. The highest BCUT2D eigenvalue weighted by atomic mass is 79.9. The molecule has 204 valence electrons. The van der Waals surface area contributed by atoms with Crippen LogP contribution in [0.2, 0.25) is 5.02 Å². The van der Waals surface area contributed by atoms with Crippen LogP contribution in [0, 0.1) is 6.92 Å². The fourth-order valence-corrected chi connectivity index (χ4v) is 5.31. The topological polar surface area (TPSA) is 115 Å². The van der Waals surface area contributed by atoms with Gasteiger partial charge in [-0.2, -0.15) is 18.0 Å². The number of nitrogens with zero attached hydrogens (tertiary/aromatic N) is 5. The van der Waals surface area contributed by atoms with Crippen molar-refractivity contribution in [2.24, 2.45) is 0 Å². The van der Waals surface area contributed by atoms with Crippen molar-refractivity contribution in [2.75, 3.05) is 5.32 Å². The van der Waals surface area contributed by atoms with Crippen LogP contribution >= 0.6 is 38.9 Å². The number of rotatable bonds is 7. The number of nitrogens with one attached hydrogen (secondary N) is 2. The van der Waals surface area contributed by atoms with Gasteiger partial charge in [0, 0.05) is 16.1 Å². The van der Waals surface area contributed by atoms with Gasteiger partial charge in [0.2, 0.25) is 0 Å². The third kappa shape index (κ3) is 6.62. The van der Waals surface area contributed by atoms with Crippen LogP contribution in [0.4, 0.5) is 18.9 Å². The minimum absolute atomic E-state index is 0.131. The van der Waals surface area contributed by atoms with Crippen molar-refractivity contribution in [1.82, 2.24) is 30.5 Å². The van der Waals surface area contributed by atoms with Gasteiger partial charge in [-0.25, -0.2) is 4.98 Å². The van der Waals surface area contributed by atoms with Crippen molar-refractivity contribution in [3.05, 3.63) is 72.7 Å². The van der Waals surface area contributed by atoms with Crippen LogP contribution in [0.1, 0.15) is 50.3 Å². The number of tetrazole rings is 1. The second-order valence-corrected chi connectivity index (χ2v) is 11.0. The molecule has 0 aliphatic rings. The highest BCUT2D eigenvalue weighted by molar-refractivity contribution is 9.10. The molecule has 0 spiro atoms. The van der Waals surface area contributed by atoms with E-state index < -0.39 is 17.9 Å². The van der Waals surface area contributed by atoms with Crippen molar-refractivity contribution in [3.63, 3.8) is 0 Å². The molecule has 2 amide bonds. The average Bonchev–Trinajstić information content (AvgIpc) is 3.48. The Labute approximate surface area is 237 Å². The van der Waals surface area contributed by atoms with E-state index in [0.29, 0.717) is 26.3 Å². The Morgan fingerprint density at radius 3 is 2.54 bits per heavy atom. The number of thiazole rings is 1. The first-order chi connectivity index (χ1) is 18.3. The van der Waals surface area contributed by atoms with Gasteiger partial charge in [0.1, 0.15) is 16.4 Å². The third-order valence-corrected chi connectivity index (χ3v) is 7.02. The number of alkyl halides is 3. The molecule has 2 aromatic carbocycles. The van der Waals surface area contributed by atoms with Gasteiger partial charge in [-0.05, 0) is 49.7 Å². The standard InChI is InChI=1S/C24H20BrClF3N7O2S/c1-11(2)30-21(37)15-9-13(25)8-12(3)18(15)32-22(38)20-19(14-6-4-5-7-16(14)26)31-17(39-20)10-36-34-23(33-35-36)24(27,28)29/h4-9,11H,10H2,1-3H3,(H,30,37)(H,32,38). The number of hydrogen-bond acceptors (Lipinski definition) is 7. The van der Waals surface area contributed by atoms with E-state index in [2.05, 4.69) is 47.0 Å². The number of benzene rings is 2. The Balaban J connectivity index is 1.74. The molecule has 0 aliphatic carbocycles. The molecule has 0 aliphatic heterocycles. The first-order valence-corrected chi connectivity index (χ1v) is 13.3. The summed E-state index contributed by atoms with van der Waals surface area (Å²) in [6.45, 7) is 5.11. The van der Waals surface area contributed by atoms with E-state index in [0.717, 1.165) is 16.1 Å². The van der Waals surface area contributed by atoms with Crippen LogP contribution in [0.25, 0.3) is 11.3 Å². The lowest BCUT2D eigenvalue weighted by molar-refractivity contribution is -0.145. The molecule has 0 bridgehead atoms. The Bertz CT molecular complexity index is 1550. The molecule has 0 fully saturated rings. The second-order valence-electron chi connectivity index (χ2n) is 8.63. The molecule has 0 unspecified atom stereocenters. The predicted molar refractivity (Wildman–Crippen MR) is 144 cm³/mol. The lowest BCUT2D eigenvalue weighted by atomic mass is 10.1. The average molecular weight is 643 g/mol. The number of carbonyl (C=O) groups is 2. The SMILES string of the molecule is Cc1cc(Br)cc(C(=O)NC(C)C)c1NC(=O)c1sc(Cn2nnc(C(F)(F)F)n2)nc1-c1ccccc1Cl. The molecule has 9 nitrogen and oxygen atoms in total. The molecule has 2 aromatic heterocycles. The zero-order valence-electron chi connectivity index (χ0n) is 20.6. The molecule has 0 radical (unpaired) electrons. The monoisotopic (exact) mass is 641 g/mol. The van der Waals surface area contributed by atoms with Gasteiger partial charge in [-0.1, -0.05) is 45.7 Å². The normalized spacial score (nSPS) is 11.6. The first-order valence-electron chi connectivity index (χ1n) is 11.4. The van der Waals surface area contributed by atoms with Gasteiger partial charge in [0.25, 0.3) is 17.6 Å². The predicted octanol–water partition coefficient (Wildman–Crippen LogP) is 5.98. The van der Waals surface area contributed by atoms with Gasteiger partial charge in [-0.15, -0.1) is 21.5 Å². The number of aromatic nitrogens is 5. The van der Waals surface area contributed by atoms with Crippen molar-refractivity contribution in [1.29, 1.82) is 0 Å². The lowest BCUT2D eigenvalue weighted by Crippen LogP contribution is -2.31. The molecule has 2 heterocycles. The summed E-state index contributed by atoms with van der Waals surface area (Å²) in [5.74, 6) is -2.35. The summed E-state index contributed by atoms with van der Waals surface area (Å²) in [6.07, 6.45) is -4.75. The van der Waals surface area contributed by atoms with Gasteiger partial charge < -0.3 is 10.6 Å². The highest BCUT2D eigenvalue weighted by Gasteiger charge is 2.37. The van der Waals surface area contributed by atoms with Crippen molar-refractivity contribution >= 4 is 56.4 Å². The number of hydrogen-bond donors (Lipinski definition) is 2. The van der Waals surface area contributed by atoms with E-state index in [1.165, 1.54) is 0 Å². The van der Waals surface area contributed by atoms with Gasteiger partial charge in [0.05, 0.1) is 22.0 Å². The van der Waals surface area contributed by atoms with E-state index in [1.807, 2.05) is 13.8 Å². The quantitative estimate of drug-likeness (QED) is 0.257. The molecule has 0 saturated heterocycles. The van der Waals surface area contributed by atoms with Crippen molar-refractivity contribution in [2.45, 2.75) is 39.5 Å². The summed E-state index contributed by atoms with van der Waals surface area (Å²) < 4.78 is 39.4. The maximum atomic E-state index is 13.6. The van der Waals surface area contributed by atoms with Crippen molar-refractivity contribution in [3.8, 4) is 11.3 Å². The molecular weight excluding hydrogens is 623 g/mol. The maximum Gasteiger partial charge on any atom is 0.455 e. The van der Waals surface area contributed by atoms with Gasteiger partial charge in [-0.3, -0.25) is 9.59 Å². The van der Waals surface area contributed by atoms with E-state index in [-0.39, 0.29) is 39.6 Å². The van der Waals surface area contributed by atoms with Gasteiger partial charge in [0.15, 0.2) is 0 Å². The Kier molecular flexibility index (Phi) is 8.37. The summed E-state index contributed by atoms with van der Waals surface area (Å²) in [6, 6.07) is 9.93. The summed E-state index contributed by atoms with van der Waals surface area (Å²) in [4.78, 5) is 31.9. The number of aryl methyl sites for hydroxylation is 1. The smallest absolute Gasteiger partial charge is 0.350 e. The van der Waals surface area contributed by atoms with Crippen LogP contribution in [-0.4, -0.2) is 43.0 Å². The summed E-state index contributed by atoms with van der Waals surface area (Å²) in [5, 5.41) is 16.0. The largest absolute Gasteiger partial charge is 0.455 e. The van der Waals surface area contributed by atoms with E-state index in [1.54, 1.807) is 43.3 Å². The molecule has 39 heavy (non-hydrogen) atoms. The molecule has 4 aromatic rings. The molecule has 0 atom stereocenters. The molecule has 4 rings (SSSR count). The van der Waals surface area contributed by atoms with Crippen LogP contribution in [0.3, 0.4) is 0 Å². The second kappa shape index (κ2) is 11.4. The van der Waals surface area contributed by atoms with Gasteiger partial charge >= 0.3 is 6.18 Å². The fraction of sp³-hybridized carbons (Fsp3) is 0.250. The number of halogens is 5. The Morgan fingerprint density at radius 1 is 1.18 bits per heavy atom. The molecule has 0 saturated carbocycles.